The molecule has 2 heterocycles. The van der Waals surface area contributed by atoms with E-state index in [0.717, 1.165) is 28.2 Å². The van der Waals surface area contributed by atoms with Gasteiger partial charge in [-0.1, -0.05) is 18.2 Å². The Labute approximate surface area is 190 Å². The normalized spacial score (nSPS) is 14.0. The number of para-hydroxylation sites is 1. The molecule has 0 spiro atoms. The zero-order valence-corrected chi connectivity index (χ0v) is 18.2. The summed E-state index contributed by atoms with van der Waals surface area (Å²) in [5, 5.41) is 10.9. The summed E-state index contributed by atoms with van der Waals surface area (Å²) >= 11 is 0. The number of nitrogens with zero attached hydrogens (tertiary/aromatic N) is 5. The summed E-state index contributed by atoms with van der Waals surface area (Å²) in [4.78, 5) is 32.3. The van der Waals surface area contributed by atoms with E-state index in [-0.39, 0.29) is 11.6 Å². The molecule has 1 amide bonds. The summed E-state index contributed by atoms with van der Waals surface area (Å²) < 4.78 is 2.09. The van der Waals surface area contributed by atoms with Crippen LogP contribution < -0.4 is 4.90 Å². The number of nitro benzene ring substituents is 1. The number of hydrogen-bond acceptors (Lipinski definition) is 5. The van der Waals surface area contributed by atoms with Crippen LogP contribution in [0.3, 0.4) is 0 Å². The van der Waals surface area contributed by atoms with E-state index in [1.807, 2.05) is 60.4 Å². The van der Waals surface area contributed by atoms with Gasteiger partial charge in [0, 0.05) is 55.2 Å². The van der Waals surface area contributed by atoms with Gasteiger partial charge in [0.2, 0.25) is 0 Å². The second kappa shape index (κ2) is 8.38. The van der Waals surface area contributed by atoms with E-state index in [0.29, 0.717) is 31.7 Å². The molecule has 8 heteroatoms. The van der Waals surface area contributed by atoms with Gasteiger partial charge in [-0.3, -0.25) is 19.5 Å². The van der Waals surface area contributed by atoms with Crippen molar-refractivity contribution in [1.29, 1.82) is 0 Å². The minimum absolute atomic E-state index is 0.00726. The van der Waals surface area contributed by atoms with Gasteiger partial charge in [-0.05, 0) is 49.4 Å². The van der Waals surface area contributed by atoms with E-state index >= 15 is 0 Å². The molecule has 0 unspecified atom stereocenters. The molecule has 0 saturated carbocycles. The molecule has 166 valence electrons. The van der Waals surface area contributed by atoms with Crippen LogP contribution in [0.25, 0.3) is 16.7 Å². The van der Waals surface area contributed by atoms with Gasteiger partial charge in [0.25, 0.3) is 11.6 Å². The monoisotopic (exact) mass is 441 g/mol. The molecule has 1 aromatic heterocycles. The number of nitro groups is 1. The number of aryl methyl sites for hydroxylation is 1. The molecule has 4 aromatic rings. The molecule has 5 rings (SSSR count). The lowest BCUT2D eigenvalue weighted by Crippen LogP contribution is -2.48. The molecule has 3 aromatic carbocycles. The topological polar surface area (TPSA) is 84.5 Å². The first-order valence-electron chi connectivity index (χ1n) is 10.8. The molecule has 0 radical (unpaired) electrons. The molecule has 0 atom stereocenters. The van der Waals surface area contributed by atoms with E-state index < -0.39 is 4.92 Å². The summed E-state index contributed by atoms with van der Waals surface area (Å²) in [5.74, 6) is 0.865. The molecule has 33 heavy (non-hydrogen) atoms. The average Bonchev–Trinajstić information content (AvgIpc) is 3.19. The lowest BCUT2D eigenvalue weighted by molar-refractivity contribution is -0.384. The predicted octanol–water partition coefficient (Wildman–Crippen LogP) is 4.20. The summed E-state index contributed by atoms with van der Waals surface area (Å²) in [6.45, 7) is 4.49. The number of imidazole rings is 1. The Morgan fingerprint density at radius 3 is 2.27 bits per heavy atom. The van der Waals surface area contributed by atoms with E-state index in [1.54, 1.807) is 12.1 Å². The Morgan fingerprint density at radius 1 is 0.909 bits per heavy atom. The lowest BCUT2D eigenvalue weighted by Gasteiger charge is -2.36. The van der Waals surface area contributed by atoms with Gasteiger partial charge < -0.3 is 9.80 Å². The van der Waals surface area contributed by atoms with Gasteiger partial charge >= 0.3 is 0 Å². The van der Waals surface area contributed by atoms with Crippen molar-refractivity contribution in [1.82, 2.24) is 14.5 Å². The Kier molecular flexibility index (Phi) is 5.26. The molecule has 0 N–H and O–H groups in total. The smallest absolute Gasteiger partial charge is 0.269 e. The number of piperazine rings is 1. The largest absolute Gasteiger partial charge is 0.368 e. The predicted molar refractivity (Wildman–Crippen MR) is 127 cm³/mol. The molecule has 1 saturated heterocycles. The Hall–Kier alpha value is -4.20. The number of fused-ring (bicyclic) bond motifs is 1. The van der Waals surface area contributed by atoms with Crippen LogP contribution in [0, 0.1) is 17.0 Å². The Bertz CT molecular complexity index is 1320. The number of carbonyl (C=O) groups is 1. The fraction of sp³-hybridized carbons (Fsp3) is 0.200. The molecule has 0 bridgehead atoms. The SMILES string of the molecule is Cc1nc2cc(C(=O)N3CCN(c4ccc([N+](=O)[O-])cc4)CC3)ccc2n1-c1ccccc1. The summed E-state index contributed by atoms with van der Waals surface area (Å²) in [7, 11) is 0. The summed E-state index contributed by atoms with van der Waals surface area (Å²) in [5.41, 5.74) is 4.44. The van der Waals surface area contributed by atoms with Gasteiger partial charge in [-0.25, -0.2) is 4.98 Å². The Morgan fingerprint density at radius 2 is 1.61 bits per heavy atom. The van der Waals surface area contributed by atoms with Crippen molar-refractivity contribution < 1.29 is 9.72 Å². The number of hydrogen-bond donors (Lipinski definition) is 0. The van der Waals surface area contributed by atoms with Crippen LogP contribution in [0.15, 0.2) is 72.8 Å². The summed E-state index contributed by atoms with van der Waals surface area (Å²) in [6, 6.07) is 22.3. The molecular formula is C25H23N5O3. The van der Waals surface area contributed by atoms with Crippen molar-refractivity contribution in [3.8, 4) is 5.69 Å². The highest BCUT2D eigenvalue weighted by molar-refractivity contribution is 5.97. The van der Waals surface area contributed by atoms with Crippen LogP contribution in [0.1, 0.15) is 16.2 Å². The van der Waals surface area contributed by atoms with Crippen LogP contribution in [-0.2, 0) is 0 Å². The number of anilines is 1. The highest BCUT2D eigenvalue weighted by Crippen LogP contribution is 2.24. The van der Waals surface area contributed by atoms with Gasteiger partial charge in [-0.2, -0.15) is 0 Å². The standard InChI is InChI=1S/C25H23N5O3/c1-18-26-23-17-19(7-12-24(23)29(18)21-5-3-2-4-6-21)25(31)28-15-13-27(14-16-28)20-8-10-22(11-9-20)30(32)33/h2-12,17H,13-16H2,1H3. The van der Waals surface area contributed by atoms with Crippen molar-refractivity contribution in [3.63, 3.8) is 0 Å². The number of carbonyl (C=O) groups excluding carboxylic acids is 1. The first-order chi connectivity index (χ1) is 16.0. The van der Waals surface area contributed by atoms with Crippen LogP contribution in [0.5, 0.6) is 0 Å². The number of non-ortho nitro benzene ring substituents is 1. The van der Waals surface area contributed by atoms with Gasteiger partial charge in [0.05, 0.1) is 16.0 Å². The maximum Gasteiger partial charge on any atom is 0.269 e. The lowest BCUT2D eigenvalue weighted by atomic mass is 10.1. The quantitative estimate of drug-likeness (QED) is 0.350. The third kappa shape index (κ3) is 3.91. The maximum atomic E-state index is 13.2. The highest BCUT2D eigenvalue weighted by Gasteiger charge is 2.23. The zero-order valence-electron chi connectivity index (χ0n) is 18.2. The van der Waals surface area contributed by atoms with Crippen molar-refractivity contribution in [2.75, 3.05) is 31.1 Å². The summed E-state index contributed by atoms with van der Waals surface area (Å²) in [6.07, 6.45) is 0. The third-order valence-corrected chi connectivity index (χ3v) is 6.08. The molecule has 8 nitrogen and oxygen atoms in total. The van der Waals surface area contributed by atoms with E-state index in [2.05, 4.69) is 14.5 Å². The number of rotatable bonds is 4. The van der Waals surface area contributed by atoms with Crippen molar-refractivity contribution in [2.45, 2.75) is 6.92 Å². The molecule has 1 aliphatic rings. The fourth-order valence-corrected chi connectivity index (χ4v) is 4.37. The van der Waals surface area contributed by atoms with Crippen LogP contribution >= 0.6 is 0 Å². The van der Waals surface area contributed by atoms with Crippen molar-refractivity contribution >= 4 is 28.3 Å². The second-order valence-electron chi connectivity index (χ2n) is 8.09. The second-order valence-corrected chi connectivity index (χ2v) is 8.09. The highest BCUT2D eigenvalue weighted by atomic mass is 16.6. The van der Waals surface area contributed by atoms with E-state index in [1.165, 1.54) is 12.1 Å². The third-order valence-electron chi connectivity index (χ3n) is 6.08. The van der Waals surface area contributed by atoms with Crippen molar-refractivity contribution in [2.24, 2.45) is 0 Å². The molecular weight excluding hydrogens is 418 g/mol. The van der Waals surface area contributed by atoms with Crippen LogP contribution in [0.2, 0.25) is 0 Å². The Balaban J connectivity index is 1.31. The minimum atomic E-state index is -0.401. The number of benzene rings is 3. The number of amides is 1. The van der Waals surface area contributed by atoms with Crippen molar-refractivity contribution in [3.05, 3.63) is 94.3 Å². The molecule has 1 fully saturated rings. The minimum Gasteiger partial charge on any atom is -0.368 e. The number of aromatic nitrogens is 2. The zero-order chi connectivity index (χ0) is 22.9. The van der Waals surface area contributed by atoms with E-state index in [9.17, 15) is 14.9 Å². The van der Waals surface area contributed by atoms with Crippen LogP contribution in [0.4, 0.5) is 11.4 Å². The van der Waals surface area contributed by atoms with Crippen LogP contribution in [-0.4, -0.2) is 51.5 Å². The molecule has 1 aliphatic heterocycles. The fourth-order valence-electron chi connectivity index (χ4n) is 4.37. The first kappa shape index (κ1) is 20.7. The average molecular weight is 441 g/mol. The molecule has 0 aliphatic carbocycles. The maximum absolute atomic E-state index is 13.2. The van der Waals surface area contributed by atoms with Gasteiger partial charge in [-0.15, -0.1) is 0 Å². The first-order valence-corrected chi connectivity index (χ1v) is 10.8. The van der Waals surface area contributed by atoms with Gasteiger partial charge in [0.15, 0.2) is 0 Å². The van der Waals surface area contributed by atoms with E-state index in [4.69, 9.17) is 0 Å². The van der Waals surface area contributed by atoms with Gasteiger partial charge in [0.1, 0.15) is 5.82 Å².